The quantitative estimate of drug-likeness (QED) is 0.317. The number of anilines is 1. The van der Waals surface area contributed by atoms with Crippen LogP contribution < -0.4 is 19.1 Å². The van der Waals surface area contributed by atoms with Crippen LogP contribution in [0, 0.1) is 13.8 Å². The second kappa shape index (κ2) is 9.18. The molecule has 1 unspecified atom stereocenters. The van der Waals surface area contributed by atoms with Crippen molar-refractivity contribution < 1.29 is 28.9 Å². The van der Waals surface area contributed by atoms with Crippen LogP contribution in [0.4, 0.5) is 5.13 Å². The minimum absolute atomic E-state index is 0.0628. The lowest BCUT2D eigenvalue weighted by atomic mass is 9.94. The van der Waals surface area contributed by atoms with Gasteiger partial charge >= 0.3 is 5.91 Å². The molecule has 0 radical (unpaired) electrons. The van der Waals surface area contributed by atoms with E-state index in [0.717, 1.165) is 10.6 Å². The Bertz CT molecular complexity index is 1280. The second-order valence-corrected chi connectivity index (χ2v) is 8.80. The number of aromatic nitrogens is 1. The number of hydrogen-bond donors (Lipinski definition) is 1. The van der Waals surface area contributed by atoms with Crippen molar-refractivity contribution in [1.82, 2.24) is 4.98 Å². The number of methoxy groups -OCH3 is 3. The minimum Gasteiger partial charge on any atom is -0.507 e. The topological polar surface area (TPSA) is 98.2 Å². The number of rotatable bonds is 6. The fourth-order valence-corrected chi connectivity index (χ4v) is 4.85. The van der Waals surface area contributed by atoms with E-state index in [1.165, 1.54) is 37.6 Å². The van der Waals surface area contributed by atoms with Gasteiger partial charge in [-0.1, -0.05) is 12.1 Å². The van der Waals surface area contributed by atoms with Crippen molar-refractivity contribution in [2.75, 3.05) is 26.2 Å². The normalized spacial score (nSPS) is 17.2. The summed E-state index contributed by atoms with van der Waals surface area (Å²) in [6, 6.07) is 10.8. The summed E-state index contributed by atoms with van der Waals surface area (Å²) in [5.41, 5.74) is 1.56. The van der Waals surface area contributed by atoms with Gasteiger partial charge in [-0.15, -0.1) is 11.3 Å². The number of aryl methyl sites for hydroxylation is 2. The fraction of sp³-hybridized carbons (Fsp3) is 0.240. The molecule has 1 saturated heterocycles. The maximum Gasteiger partial charge on any atom is 0.301 e. The Kier molecular flexibility index (Phi) is 6.30. The molecule has 1 amide bonds. The summed E-state index contributed by atoms with van der Waals surface area (Å²) in [4.78, 5) is 33.4. The van der Waals surface area contributed by atoms with E-state index in [4.69, 9.17) is 14.2 Å². The van der Waals surface area contributed by atoms with Crippen LogP contribution in [0.5, 0.6) is 17.2 Å². The molecule has 0 saturated carbocycles. The molecule has 3 aromatic rings. The fourth-order valence-electron chi connectivity index (χ4n) is 3.91. The Labute approximate surface area is 201 Å². The maximum absolute atomic E-state index is 13.3. The van der Waals surface area contributed by atoms with Crippen molar-refractivity contribution in [3.05, 3.63) is 69.7 Å². The van der Waals surface area contributed by atoms with E-state index in [1.807, 2.05) is 13.8 Å². The monoisotopic (exact) mass is 480 g/mol. The predicted octanol–water partition coefficient (Wildman–Crippen LogP) is 4.41. The summed E-state index contributed by atoms with van der Waals surface area (Å²) in [6.07, 6.45) is 0. The van der Waals surface area contributed by atoms with Crippen LogP contribution in [0.3, 0.4) is 0 Å². The first-order valence-electron chi connectivity index (χ1n) is 10.4. The first-order chi connectivity index (χ1) is 16.3. The molecule has 8 nitrogen and oxygen atoms in total. The van der Waals surface area contributed by atoms with Crippen molar-refractivity contribution in [2.24, 2.45) is 0 Å². The summed E-state index contributed by atoms with van der Waals surface area (Å²) in [6.45, 7) is 3.73. The summed E-state index contributed by atoms with van der Waals surface area (Å²) < 4.78 is 16.2. The molecule has 2 heterocycles. The zero-order chi connectivity index (χ0) is 24.6. The number of ether oxygens (including phenoxy) is 3. The molecular formula is C25H24N2O6S. The molecule has 1 atom stereocenters. The van der Waals surface area contributed by atoms with Crippen molar-refractivity contribution in [1.29, 1.82) is 0 Å². The van der Waals surface area contributed by atoms with Crippen LogP contribution in [-0.4, -0.2) is 43.1 Å². The summed E-state index contributed by atoms with van der Waals surface area (Å²) >= 11 is 1.30. The Balaban J connectivity index is 2.00. The lowest BCUT2D eigenvalue weighted by molar-refractivity contribution is -0.132. The third-order valence-corrected chi connectivity index (χ3v) is 6.83. The number of hydrogen-bond acceptors (Lipinski definition) is 8. The Morgan fingerprint density at radius 1 is 1.00 bits per heavy atom. The highest BCUT2D eigenvalue weighted by molar-refractivity contribution is 7.16. The highest BCUT2D eigenvalue weighted by Gasteiger charge is 2.49. The minimum atomic E-state index is -0.975. The molecule has 0 bridgehead atoms. The Morgan fingerprint density at radius 2 is 1.71 bits per heavy atom. The van der Waals surface area contributed by atoms with Crippen LogP contribution >= 0.6 is 11.3 Å². The Morgan fingerprint density at radius 3 is 2.26 bits per heavy atom. The number of carbonyl (C=O) groups excluding carboxylic acids is 2. The van der Waals surface area contributed by atoms with Crippen LogP contribution in [-0.2, 0) is 9.59 Å². The van der Waals surface area contributed by atoms with Crippen molar-refractivity contribution in [2.45, 2.75) is 19.9 Å². The maximum atomic E-state index is 13.3. The molecule has 0 aliphatic carbocycles. The van der Waals surface area contributed by atoms with Gasteiger partial charge in [-0.05, 0) is 44.2 Å². The van der Waals surface area contributed by atoms with Gasteiger partial charge in [-0.25, -0.2) is 4.98 Å². The average Bonchev–Trinajstić information content (AvgIpc) is 3.32. The summed E-state index contributed by atoms with van der Waals surface area (Å²) in [5, 5.41) is 11.6. The molecular weight excluding hydrogens is 456 g/mol. The molecule has 176 valence electrons. The number of nitrogens with zero attached hydrogens (tertiary/aromatic N) is 2. The lowest BCUT2D eigenvalue weighted by Gasteiger charge is -2.25. The van der Waals surface area contributed by atoms with E-state index in [0.29, 0.717) is 33.5 Å². The van der Waals surface area contributed by atoms with Crippen LogP contribution in [0.2, 0.25) is 0 Å². The Hall–Kier alpha value is -3.85. The van der Waals surface area contributed by atoms with Crippen molar-refractivity contribution in [3.8, 4) is 17.2 Å². The third kappa shape index (κ3) is 3.77. The van der Waals surface area contributed by atoms with Crippen LogP contribution in [0.1, 0.15) is 27.7 Å². The zero-order valence-electron chi connectivity index (χ0n) is 19.4. The number of thiazole rings is 1. The van der Waals surface area contributed by atoms with Gasteiger partial charge in [0, 0.05) is 16.0 Å². The van der Waals surface area contributed by atoms with Gasteiger partial charge in [0.05, 0.1) is 32.6 Å². The lowest BCUT2D eigenvalue weighted by Crippen LogP contribution is -2.29. The van der Waals surface area contributed by atoms with Crippen LogP contribution in [0.15, 0.2) is 48.0 Å². The summed E-state index contributed by atoms with van der Waals surface area (Å²) in [5.74, 6) is -0.512. The van der Waals surface area contributed by atoms with Crippen LogP contribution in [0.25, 0.3) is 5.76 Å². The van der Waals surface area contributed by atoms with Crippen molar-refractivity contribution in [3.63, 3.8) is 0 Å². The van der Waals surface area contributed by atoms with E-state index in [9.17, 15) is 14.7 Å². The van der Waals surface area contributed by atoms with Gasteiger partial charge in [0.1, 0.15) is 17.6 Å². The van der Waals surface area contributed by atoms with Gasteiger partial charge in [0.25, 0.3) is 5.78 Å². The number of aliphatic hydroxyl groups excluding tert-OH is 1. The highest BCUT2D eigenvalue weighted by Crippen LogP contribution is 2.48. The SMILES string of the molecule is COc1ccc(/C(O)=C2/C(=O)C(=O)N(c3nc(C)c(C)s3)C2c2cccc(OC)c2OC)cc1. The van der Waals surface area contributed by atoms with E-state index in [2.05, 4.69) is 4.98 Å². The van der Waals surface area contributed by atoms with E-state index >= 15 is 0 Å². The smallest absolute Gasteiger partial charge is 0.301 e. The molecule has 1 N–H and O–H groups in total. The van der Waals surface area contributed by atoms with E-state index in [-0.39, 0.29) is 11.3 Å². The van der Waals surface area contributed by atoms with Gasteiger partial charge in [0.2, 0.25) is 0 Å². The molecule has 1 aromatic heterocycles. The first-order valence-corrected chi connectivity index (χ1v) is 11.2. The van der Waals surface area contributed by atoms with Crippen molar-refractivity contribution >= 4 is 33.9 Å². The molecule has 1 aliphatic rings. The van der Waals surface area contributed by atoms with E-state index < -0.39 is 17.7 Å². The molecule has 1 fully saturated rings. The number of para-hydroxylation sites is 1. The second-order valence-electron chi connectivity index (χ2n) is 7.62. The number of Topliss-reactive ketones (excluding diaryl/α,β-unsaturated/α-hetero) is 1. The van der Waals surface area contributed by atoms with Gasteiger partial charge in [-0.2, -0.15) is 0 Å². The third-order valence-electron chi connectivity index (χ3n) is 5.76. The number of benzene rings is 2. The molecule has 0 spiro atoms. The number of carbonyl (C=O) groups is 2. The number of aliphatic hydroxyl groups is 1. The zero-order valence-corrected chi connectivity index (χ0v) is 20.2. The van der Waals surface area contributed by atoms with Gasteiger partial charge in [-0.3, -0.25) is 14.5 Å². The largest absolute Gasteiger partial charge is 0.507 e. The van der Waals surface area contributed by atoms with Gasteiger partial charge in [0.15, 0.2) is 16.6 Å². The molecule has 9 heteroatoms. The summed E-state index contributed by atoms with van der Waals surface area (Å²) in [7, 11) is 4.52. The van der Waals surface area contributed by atoms with E-state index in [1.54, 1.807) is 42.5 Å². The molecule has 2 aromatic carbocycles. The highest BCUT2D eigenvalue weighted by atomic mass is 32.1. The standard InChI is InChI=1S/C25H24N2O6S/c1-13-14(2)34-25(26-13)27-20(17-7-6-8-18(32-4)23(17)33-5)19(22(29)24(27)30)21(28)15-9-11-16(31-3)12-10-15/h6-12,20,28H,1-5H3/b21-19-. The molecule has 34 heavy (non-hydrogen) atoms. The first kappa shape index (κ1) is 23.3. The molecule has 4 rings (SSSR count). The predicted molar refractivity (Wildman–Crippen MR) is 129 cm³/mol. The number of amides is 1. The number of ketones is 1. The average molecular weight is 481 g/mol. The van der Waals surface area contributed by atoms with Gasteiger partial charge < -0.3 is 19.3 Å². The molecule has 1 aliphatic heterocycles.